The first-order valence-corrected chi connectivity index (χ1v) is 8.41. The zero-order valence-electron chi connectivity index (χ0n) is 14.9. The minimum absolute atomic E-state index is 0.224. The standard InChI is InChI=1S/C19H22N6O/c1-19(2,26)6-4-13-10-14-15(16-5-8-22-18(21)24-16)12-25(9-3-7-20)17(14)11-23-13/h5,8,10-12,26H,3,7,9,20H2,1-2H3,(H2,21,22,24). The van der Waals surface area contributed by atoms with Gasteiger partial charge < -0.3 is 21.1 Å². The quantitative estimate of drug-likeness (QED) is 0.615. The molecule has 0 atom stereocenters. The van der Waals surface area contributed by atoms with E-state index < -0.39 is 5.60 Å². The van der Waals surface area contributed by atoms with Gasteiger partial charge in [0.15, 0.2) is 0 Å². The van der Waals surface area contributed by atoms with E-state index in [1.807, 2.05) is 18.3 Å². The number of nitrogen functional groups attached to an aromatic ring is 1. The number of aromatic nitrogens is 4. The second kappa shape index (κ2) is 7.12. The van der Waals surface area contributed by atoms with E-state index in [0.29, 0.717) is 12.2 Å². The Bertz CT molecular complexity index is 991. The molecule has 0 aliphatic carbocycles. The summed E-state index contributed by atoms with van der Waals surface area (Å²) in [5, 5.41) is 10.8. The van der Waals surface area contributed by atoms with E-state index in [9.17, 15) is 5.11 Å². The number of nitrogens with zero attached hydrogens (tertiary/aromatic N) is 4. The summed E-state index contributed by atoms with van der Waals surface area (Å²) < 4.78 is 2.11. The monoisotopic (exact) mass is 350 g/mol. The lowest BCUT2D eigenvalue weighted by atomic mass is 10.1. The van der Waals surface area contributed by atoms with Crippen molar-refractivity contribution in [3.63, 3.8) is 0 Å². The van der Waals surface area contributed by atoms with Gasteiger partial charge in [-0.25, -0.2) is 15.0 Å². The minimum Gasteiger partial charge on any atom is -0.378 e. The average Bonchev–Trinajstić information content (AvgIpc) is 2.95. The zero-order valence-corrected chi connectivity index (χ0v) is 14.9. The van der Waals surface area contributed by atoms with Crippen LogP contribution < -0.4 is 11.5 Å². The molecule has 3 rings (SSSR count). The van der Waals surface area contributed by atoms with E-state index >= 15 is 0 Å². The van der Waals surface area contributed by atoms with Crippen molar-refractivity contribution in [3.8, 4) is 23.1 Å². The van der Waals surface area contributed by atoms with Crippen molar-refractivity contribution in [1.82, 2.24) is 19.5 Å². The van der Waals surface area contributed by atoms with Crippen LogP contribution in [0.4, 0.5) is 5.95 Å². The first-order valence-electron chi connectivity index (χ1n) is 8.41. The van der Waals surface area contributed by atoms with E-state index in [0.717, 1.165) is 35.1 Å². The van der Waals surface area contributed by atoms with Crippen molar-refractivity contribution in [2.24, 2.45) is 5.73 Å². The summed E-state index contributed by atoms with van der Waals surface area (Å²) in [7, 11) is 0. The number of fused-ring (bicyclic) bond motifs is 1. The third-order valence-corrected chi connectivity index (χ3v) is 3.82. The van der Waals surface area contributed by atoms with Gasteiger partial charge in [0.2, 0.25) is 5.95 Å². The highest BCUT2D eigenvalue weighted by Crippen LogP contribution is 2.30. The van der Waals surface area contributed by atoms with Crippen molar-refractivity contribution in [1.29, 1.82) is 0 Å². The summed E-state index contributed by atoms with van der Waals surface area (Å²) in [6.45, 7) is 4.66. The summed E-state index contributed by atoms with van der Waals surface area (Å²) in [6.07, 6.45) is 6.30. The highest BCUT2D eigenvalue weighted by atomic mass is 16.3. The molecule has 0 aromatic carbocycles. The summed E-state index contributed by atoms with van der Waals surface area (Å²) in [5.74, 6) is 5.93. The largest absolute Gasteiger partial charge is 0.378 e. The van der Waals surface area contributed by atoms with E-state index in [2.05, 4.69) is 31.4 Å². The highest BCUT2D eigenvalue weighted by molar-refractivity contribution is 5.95. The Hall–Kier alpha value is -2.95. The summed E-state index contributed by atoms with van der Waals surface area (Å²) in [6, 6.07) is 3.72. The molecule has 0 fully saturated rings. The molecule has 5 N–H and O–H groups in total. The van der Waals surface area contributed by atoms with Crippen molar-refractivity contribution in [2.75, 3.05) is 12.3 Å². The zero-order chi connectivity index (χ0) is 18.7. The number of aliphatic hydroxyl groups is 1. The lowest BCUT2D eigenvalue weighted by molar-refractivity contribution is 0.143. The number of aryl methyl sites for hydroxylation is 1. The molecule has 0 amide bonds. The van der Waals surface area contributed by atoms with Gasteiger partial charge in [-0.2, -0.15) is 0 Å². The van der Waals surface area contributed by atoms with Crippen LogP contribution in [0.15, 0.2) is 30.7 Å². The molecule has 3 heterocycles. The minimum atomic E-state index is -1.08. The Balaban J connectivity index is 2.16. The first-order chi connectivity index (χ1) is 12.4. The second-order valence-electron chi connectivity index (χ2n) is 6.57. The van der Waals surface area contributed by atoms with Gasteiger partial charge in [-0.1, -0.05) is 5.92 Å². The Morgan fingerprint density at radius 1 is 1.31 bits per heavy atom. The highest BCUT2D eigenvalue weighted by Gasteiger charge is 2.13. The van der Waals surface area contributed by atoms with E-state index in [1.165, 1.54) is 0 Å². The lowest BCUT2D eigenvalue weighted by Crippen LogP contribution is -2.14. The number of rotatable bonds is 4. The normalized spacial score (nSPS) is 11.4. The fourth-order valence-corrected chi connectivity index (χ4v) is 2.65. The topological polar surface area (TPSA) is 116 Å². The number of nitrogens with two attached hydrogens (primary N) is 2. The van der Waals surface area contributed by atoms with Gasteiger partial charge in [-0.15, -0.1) is 0 Å². The van der Waals surface area contributed by atoms with Crippen molar-refractivity contribution < 1.29 is 5.11 Å². The molecule has 26 heavy (non-hydrogen) atoms. The number of anilines is 1. The van der Waals surface area contributed by atoms with Crippen LogP contribution in [-0.4, -0.2) is 36.8 Å². The predicted octanol–water partition coefficient (Wildman–Crippen LogP) is 1.55. The molecule has 3 aromatic rings. The molecule has 0 spiro atoms. The SMILES string of the molecule is CC(C)(O)C#Cc1cc2c(-c3ccnc(N)n3)cn(CCCN)c2cn1. The third-order valence-electron chi connectivity index (χ3n) is 3.82. The van der Waals surface area contributed by atoms with Crippen LogP contribution >= 0.6 is 0 Å². The van der Waals surface area contributed by atoms with Crippen molar-refractivity contribution in [2.45, 2.75) is 32.4 Å². The Morgan fingerprint density at radius 2 is 2.12 bits per heavy atom. The van der Waals surface area contributed by atoms with Gasteiger partial charge >= 0.3 is 0 Å². The Labute approximate surface area is 152 Å². The Kier molecular flexibility index (Phi) is 4.89. The smallest absolute Gasteiger partial charge is 0.220 e. The van der Waals surface area contributed by atoms with Gasteiger partial charge in [0.25, 0.3) is 0 Å². The molecule has 0 saturated heterocycles. The van der Waals surface area contributed by atoms with Crippen LogP contribution in [0.3, 0.4) is 0 Å². The van der Waals surface area contributed by atoms with Crippen LogP contribution in [0, 0.1) is 11.8 Å². The molecule has 7 nitrogen and oxygen atoms in total. The molecule has 3 aromatic heterocycles. The predicted molar refractivity (Wildman–Crippen MR) is 102 cm³/mol. The van der Waals surface area contributed by atoms with Crippen LogP contribution in [0.2, 0.25) is 0 Å². The summed E-state index contributed by atoms with van der Waals surface area (Å²) in [4.78, 5) is 12.7. The van der Waals surface area contributed by atoms with E-state index in [1.54, 1.807) is 26.2 Å². The van der Waals surface area contributed by atoms with Crippen LogP contribution in [0.25, 0.3) is 22.2 Å². The first kappa shape index (κ1) is 17.9. The van der Waals surface area contributed by atoms with Crippen LogP contribution in [0.1, 0.15) is 26.0 Å². The molecular formula is C19H22N6O. The maximum atomic E-state index is 9.81. The van der Waals surface area contributed by atoms with Gasteiger partial charge in [0.1, 0.15) is 11.3 Å². The molecule has 134 valence electrons. The fourth-order valence-electron chi connectivity index (χ4n) is 2.65. The van der Waals surface area contributed by atoms with Crippen molar-refractivity contribution in [3.05, 3.63) is 36.4 Å². The number of pyridine rings is 1. The molecule has 0 unspecified atom stereocenters. The summed E-state index contributed by atoms with van der Waals surface area (Å²) >= 11 is 0. The van der Waals surface area contributed by atoms with Gasteiger partial charge in [0, 0.05) is 29.9 Å². The van der Waals surface area contributed by atoms with Gasteiger partial charge in [0.05, 0.1) is 17.4 Å². The molecule has 0 radical (unpaired) electrons. The summed E-state index contributed by atoms with van der Waals surface area (Å²) in [5.41, 5.74) is 13.5. The third kappa shape index (κ3) is 3.99. The average molecular weight is 350 g/mol. The van der Waals surface area contributed by atoms with Crippen LogP contribution in [-0.2, 0) is 6.54 Å². The van der Waals surface area contributed by atoms with Gasteiger partial charge in [-0.05, 0) is 44.9 Å². The lowest BCUT2D eigenvalue weighted by Gasteiger charge is -2.06. The van der Waals surface area contributed by atoms with Crippen molar-refractivity contribution >= 4 is 16.9 Å². The van der Waals surface area contributed by atoms with E-state index in [-0.39, 0.29) is 5.95 Å². The molecule has 0 bridgehead atoms. The molecular weight excluding hydrogens is 328 g/mol. The molecule has 0 saturated carbocycles. The second-order valence-corrected chi connectivity index (χ2v) is 6.57. The Morgan fingerprint density at radius 3 is 2.81 bits per heavy atom. The maximum absolute atomic E-state index is 9.81. The number of hydrogen-bond donors (Lipinski definition) is 3. The molecule has 7 heteroatoms. The maximum Gasteiger partial charge on any atom is 0.220 e. The number of hydrogen-bond acceptors (Lipinski definition) is 6. The fraction of sp³-hybridized carbons (Fsp3) is 0.316. The molecule has 0 aliphatic rings. The molecule has 0 aliphatic heterocycles. The van der Waals surface area contributed by atoms with E-state index in [4.69, 9.17) is 11.5 Å². The van der Waals surface area contributed by atoms with Crippen LogP contribution in [0.5, 0.6) is 0 Å². The van der Waals surface area contributed by atoms with Gasteiger partial charge in [-0.3, -0.25) is 0 Å².